The van der Waals surface area contributed by atoms with Crippen molar-refractivity contribution in [2.45, 2.75) is 12.8 Å². The zero-order valence-corrected chi connectivity index (χ0v) is 13.1. The van der Waals surface area contributed by atoms with Gasteiger partial charge in [-0.3, -0.25) is 0 Å². The van der Waals surface area contributed by atoms with E-state index < -0.39 is 0 Å². The van der Waals surface area contributed by atoms with Gasteiger partial charge < -0.3 is 14.2 Å². The lowest BCUT2D eigenvalue weighted by molar-refractivity contribution is 0.00353. The topological polar surface area (TPSA) is 44.8 Å². The van der Waals surface area contributed by atoms with Gasteiger partial charge in [0.2, 0.25) is 0 Å². The molecule has 4 nitrogen and oxygen atoms in total. The minimum absolute atomic E-state index is 0.138. The summed E-state index contributed by atoms with van der Waals surface area (Å²) in [4.78, 5) is 11.3. The number of carbonyl (C=O) groups is 1. The molecule has 0 amide bonds. The van der Waals surface area contributed by atoms with E-state index in [4.69, 9.17) is 9.47 Å². The van der Waals surface area contributed by atoms with Gasteiger partial charge >= 0.3 is 5.97 Å². The van der Waals surface area contributed by atoms with Crippen molar-refractivity contribution in [3.05, 3.63) is 29.8 Å². The first-order valence-electron chi connectivity index (χ1n) is 6.64. The molecule has 0 aromatic heterocycles. The quantitative estimate of drug-likeness (QED) is 0.609. The highest BCUT2D eigenvalue weighted by Gasteiger charge is 2.32. The lowest BCUT2D eigenvalue weighted by Gasteiger charge is -2.35. The first-order valence-corrected chi connectivity index (χ1v) is 7.76. The molecule has 0 unspecified atom stereocenters. The number of hydrogen-bond acceptors (Lipinski definition) is 4. The van der Waals surface area contributed by atoms with Crippen LogP contribution in [0.25, 0.3) is 0 Å². The molecule has 1 saturated heterocycles. The monoisotopic (exact) mass is 342 g/mol. The molecule has 1 aliphatic rings. The summed E-state index contributed by atoms with van der Waals surface area (Å²) in [6, 6.07) is 7.03. The molecule has 5 heteroatoms. The molecule has 0 aliphatic carbocycles. The second-order valence-electron chi connectivity index (χ2n) is 5.05. The number of benzene rings is 1. The zero-order valence-electron chi connectivity index (χ0n) is 11.6. The van der Waals surface area contributed by atoms with E-state index in [9.17, 15) is 4.79 Å². The third kappa shape index (κ3) is 3.73. The normalized spacial score (nSPS) is 17.5. The Hall–Kier alpha value is -1.07. The van der Waals surface area contributed by atoms with Gasteiger partial charge in [0.15, 0.2) is 0 Å². The summed E-state index contributed by atoms with van der Waals surface area (Å²) in [7, 11) is 1.37. The standard InChI is InChI=1S/C15H19BrO4/c1-18-14(17)12-2-4-13(5-3-12)20-11-15(10-16)6-8-19-9-7-15/h2-5H,6-11H2,1H3. The Labute approximate surface area is 127 Å². The average molecular weight is 343 g/mol. The minimum atomic E-state index is -0.335. The number of alkyl halides is 1. The van der Waals surface area contributed by atoms with Crippen LogP contribution in [0.3, 0.4) is 0 Å². The number of halogens is 1. The van der Waals surface area contributed by atoms with E-state index in [1.54, 1.807) is 24.3 Å². The van der Waals surface area contributed by atoms with E-state index in [1.807, 2.05) is 0 Å². The molecule has 0 N–H and O–H groups in total. The summed E-state index contributed by atoms with van der Waals surface area (Å²) in [5.74, 6) is 0.433. The molecule has 110 valence electrons. The molecular formula is C15H19BrO4. The van der Waals surface area contributed by atoms with E-state index in [0.717, 1.165) is 37.1 Å². The number of ether oxygens (including phenoxy) is 3. The lowest BCUT2D eigenvalue weighted by Crippen LogP contribution is -2.36. The molecule has 1 fully saturated rings. The molecule has 0 saturated carbocycles. The Kier molecular flexibility index (Phi) is 5.43. The van der Waals surface area contributed by atoms with Gasteiger partial charge in [0.05, 0.1) is 19.3 Å². The van der Waals surface area contributed by atoms with Gasteiger partial charge in [-0.05, 0) is 37.1 Å². The van der Waals surface area contributed by atoms with Crippen molar-refractivity contribution < 1.29 is 19.0 Å². The lowest BCUT2D eigenvalue weighted by atomic mass is 9.83. The second kappa shape index (κ2) is 7.09. The molecule has 0 atom stereocenters. The first kappa shape index (κ1) is 15.3. The van der Waals surface area contributed by atoms with Gasteiger partial charge in [-0.2, -0.15) is 0 Å². The van der Waals surface area contributed by atoms with Crippen LogP contribution < -0.4 is 4.74 Å². The SMILES string of the molecule is COC(=O)c1ccc(OCC2(CBr)CCOCC2)cc1. The maximum atomic E-state index is 11.3. The van der Waals surface area contributed by atoms with Crippen molar-refractivity contribution in [2.24, 2.45) is 5.41 Å². The van der Waals surface area contributed by atoms with Gasteiger partial charge in [0, 0.05) is 24.0 Å². The van der Waals surface area contributed by atoms with Crippen LogP contribution >= 0.6 is 15.9 Å². The van der Waals surface area contributed by atoms with Crippen LogP contribution in [0.1, 0.15) is 23.2 Å². The van der Waals surface area contributed by atoms with Crippen molar-refractivity contribution >= 4 is 21.9 Å². The first-order chi connectivity index (χ1) is 9.69. The summed E-state index contributed by atoms with van der Waals surface area (Å²) >= 11 is 3.58. The summed E-state index contributed by atoms with van der Waals surface area (Å²) in [5.41, 5.74) is 0.667. The molecule has 0 bridgehead atoms. The molecule has 20 heavy (non-hydrogen) atoms. The average Bonchev–Trinajstić information content (AvgIpc) is 2.53. The fourth-order valence-corrected chi connectivity index (χ4v) is 2.89. The molecule has 0 radical (unpaired) electrons. The fourth-order valence-electron chi connectivity index (χ4n) is 2.16. The smallest absolute Gasteiger partial charge is 0.337 e. The molecule has 1 aromatic rings. The third-order valence-electron chi connectivity index (χ3n) is 3.66. The summed E-state index contributed by atoms with van der Waals surface area (Å²) in [5, 5.41) is 0.906. The van der Waals surface area contributed by atoms with E-state index >= 15 is 0 Å². The van der Waals surface area contributed by atoms with Crippen LogP contribution in [0.2, 0.25) is 0 Å². The van der Waals surface area contributed by atoms with Crippen LogP contribution in [-0.4, -0.2) is 38.2 Å². The Morgan fingerprint density at radius 3 is 2.50 bits per heavy atom. The highest BCUT2D eigenvalue weighted by atomic mass is 79.9. The maximum Gasteiger partial charge on any atom is 0.337 e. The Morgan fingerprint density at radius 2 is 1.95 bits per heavy atom. The summed E-state index contributed by atoms with van der Waals surface area (Å²) in [6.45, 7) is 2.23. The van der Waals surface area contributed by atoms with Gasteiger partial charge in [0.1, 0.15) is 5.75 Å². The number of hydrogen-bond donors (Lipinski definition) is 0. The van der Waals surface area contributed by atoms with Crippen molar-refractivity contribution in [1.29, 1.82) is 0 Å². The predicted octanol–water partition coefficient (Wildman–Crippen LogP) is 3.04. The molecule has 1 aliphatic heterocycles. The Morgan fingerprint density at radius 1 is 1.30 bits per heavy atom. The van der Waals surface area contributed by atoms with Crippen LogP contribution in [-0.2, 0) is 9.47 Å². The van der Waals surface area contributed by atoms with E-state index in [-0.39, 0.29) is 11.4 Å². The number of methoxy groups -OCH3 is 1. The predicted molar refractivity (Wildman–Crippen MR) is 79.6 cm³/mol. The van der Waals surface area contributed by atoms with Crippen molar-refractivity contribution in [3.63, 3.8) is 0 Å². The van der Waals surface area contributed by atoms with E-state index in [2.05, 4.69) is 20.7 Å². The van der Waals surface area contributed by atoms with Gasteiger partial charge in [0.25, 0.3) is 0 Å². The van der Waals surface area contributed by atoms with E-state index in [1.165, 1.54) is 7.11 Å². The fraction of sp³-hybridized carbons (Fsp3) is 0.533. The zero-order chi connectivity index (χ0) is 14.4. The number of carbonyl (C=O) groups excluding carboxylic acids is 1. The molecule has 1 heterocycles. The molecular weight excluding hydrogens is 324 g/mol. The highest BCUT2D eigenvalue weighted by molar-refractivity contribution is 9.09. The van der Waals surface area contributed by atoms with Crippen LogP contribution in [0.5, 0.6) is 5.75 Å². The molecule has 2 rings (SSSR count). The molecule has 1 aromatic carbocycles. The van der Waals surface area contributed by atoms with Crippen molar-refractivity contribution in [1.82, 2.24) is 0 Å². The summed E-state index contributed by atoms with van der Waals surface area (Å²) in [6.07, 6.45) is 2.00. The van der Waals surface area contributed by atoms with Gasteiger partial charge in [-0.15, -0.1) is 0 Å². The number of esters is 1. The Balaban J connectivity index is 1.94. The third-order valence-corrected chi connectivity index (χ3v) is 4.85. The maximum absolute atomic E-state index is 11.3. The molecule has 0 spiro atoms. The second-order valence-corrected chi connectivity index (χ2v) is 5.61. The summed E-state index contributed by atoms with van der Waals surface area (Å²) < 4.78 is 15.9. The highest BCUT2D eigenvalue weighted by Crippen LogP contribution is 2.33. The van der Waals surface area contributed by atoms with Crippen LogP contribution in [0, 0.1) is 5.41 Å². The largest absolute Gasteiger partial charge is 0.493 e. The van der Waals surface area contributed by atoms with Crippen molar-refractivity contribution in [3.8, 4) is 5.75 Å². The minimum Gasteiger partial charge on any atom is -0.493 e. The van der Waals surface area contributed by atoms with Gasteiger partial charge in [-0.25, -0.2) is 4.79 Å². The van der Waals surface area contributed by atoms with Gasteiger partial charge in [-0.1, -0.05) is 15.9 Å². The van der Waals surface area contributed by atoms with E-state index in [0.29, 0.717) is 12.2 Å². The van der Waals surface area contributed by atoms with Crippen LogP contribution in [0.15, 0.2) is 24.3 Å². The number of rotatable bonds is 5. The Bertz CT molecular complexity index is 438. The van der Waals surface area contributed by atoms with Crippen LogP contribution in [0.4, 0.5) is 0 Å². The van der Waals surface area contributed by atoms with Crippen molar-refractivity contribution in [2.75, 3.05) is 32.3 Å².